The number of amides is 1. The van der Waals surface area contributed by atoms with Crippen molar-refractivity contribution in [3.05, 3.63) is 28.1 Å². The highest BCUT2D eigenvalue weighted by Gasteiger charge is 2.30. The third-order valence-corrected chi connectivity index (χ3v) is 6.99. The summed E-state index contributed by atoms with van der Waals surface area (Å²) in [6, 6.07) is 5.97. The molecule has 1 aromatic carbocycles. The second-order valence-electron chi connectivity index (χ2n) is 8.00. The van der Waals surface area contributed by atoms with Gasteiger partial charge >= 0.3 is 0 Å². The van der Waals surface area contributed by atoms with Crippen LogP contribution >= 0.6 is 22.9 Å². The van der Waals surface area contributed by atoms with Crippen LogP contribution in [0, 0.1) is 11.3 Å². The van der Waals surface area contributed by atoms with Gasteiger partial charge in [0.15, 0.2) is 0 Å². The summed E-state index contributed by atoms with van der Waals surface area (Å²) < 4.78 is 6.23. The van der Waals surface area contributed by atoms with Gasteiger partial charge < -0.3 is 10.1 Å². The minimum absolute atomic E-state index is 0.0515. The van der Waals surface area contributed by atoms with Gasteiger partial charge in [-0.15, -0.1) is 11.3 Å². The smallest absolute Gasteiger partial charge is 0.263 e. The zero-order valence-corrected chi connectivity index (χ0v) is 16.9. The van der Waals surface area contributed by atoms with Gasteiger partial charge in [0, 0.05) is 16.1 Å². The lowest BCUT2D eigenvalue weighted by Crippen LogP contribution is -2.39. The quantitative estimate of drug-likeness (QED) is 0.721. The van der Waals surface area contributed by atoms with Crippen LogP contribution in [0.4, 0.5) is 0 Å². The Hall–Kier alpha value is -1.26. The number of methoxy groups -OCH3 is 1. The third kappa shape index (κ3) is 3.95. The molecule has 0 aliphatic heterocycles. The first-order valence-electron chi connectivity index (χ1n) is 8.86. The van der Waals surface area contributed by atoms with Crippen molar-refractivity contribution in [2.45, 2.75) is 52.5 Å². The predicted octanol–water partition coefficient (Wildman–Crippen LogP) is 5.90. The number of hydrogen-bond donors (Lipinski definition) is 1. The molecule has 0 atom stereocenters. The molecule has 3 nitrogen and oxygen atoms in total. The molecule has 5 heteroatoms. The average Bonchev–Trinajstić information content (AvgIpc) is 2.91. The molecule has 1 aromatic heterocycles. The minimum atomic E-state index is -0.0515. The number of rotatable bonds is 3. The zero-order chi connectivity index (χ0) is 18.2. The highest BCUT2D eigenvalue weighted by Crippen LogP contribution is 2.39. The van der Waals surface area contributed by atoms with E-state index in [9.17, 15) is 4.79 Å². The number of fused-ring (bicyclic) bond motifs is 1. The number of nitrogens with one attached hydrogen (secondary N) is 1. The van der Waals surface area contributed by atoms with Crippen molar-refractivity contribution in [1.29, 1.82) is 0 Å². The summed E-state index contributed by atoms with van der Waals surface area (Å²) >= 11 is 7.89. The Balaban J connectivity index is 1.70. The highest BCUT2D eigenvalue weighted by molar-refractivity contribution is 7.21. The van der Waals surface area contributed by atoms with E-state index in [4.69, 9.17) is 16.3 Å². The fourth-order valence-electron chi connectivity index (χ4n) is 3.67. The summed E-state index contributed by atoms with van der Waals surface area (Å²) in [5, 5.41) is 4.65. The van der Waals surface area contributed by atoms with Gasteiger partial charge in [0.05, 0.1) is 12.1 Å². The largest absolute Gasteiger partial charge is 0.497 e. The fourth-order valence-corrected chi connectivity index (χ4v) is 5.12. The average molecular weight is 380 g/mol. The van der Waals surface area contributed by atoms with E-state index in [1.54, 1.807) is 7.11 Å². The maximum absolute atomic E-state index is 12.7. The first-order valence-corrected chi connectivity index (χ1v) is 10.1. The molecule has 1 N–H and O–H groups in total. The molecule has 1 fully saturated rings. The molecule has 0 unspecified atom stereocenters. The lowest BCUT2D eigenvalue weighted by molar-refractivity contribution is 0.0908. The highest BCUT2D eigenvalue weighted by atomic mass is 35.5. The molecule has 136 valence electrons. The van der Waals surface area contributed by atoms with Crippen molar-refractivity contribution in [3.63, 3.8) is 0 Å². The summed E-state index contributed by atoms with van der Waals surface area (Å²) in [5.74, 6) is 1.46. The first-order chi connectivity index (χ1) is 11.8. The molecular weight excluding hydrogens is 354 g/mol. The summed E-state index contributed by atoms with van der Waals surface area (Å²) in [7, 11) is 1.64. The number of ether oxygens (including phenoxy) is 1. The number of hydrogen-bond acceptors (Lipinski definition) is 3. The summed E-state index contributed by atoms with van der Waals surface area (Å²) in [6.45, 7) is 6.92. The molecule has 0 bridgehead atoms. The van der Waals surface area contributed by atoms with Gasteiger partial charge in [0.25, 0.3) is 5.91 Å². The van der Waals surface area contributed by atoms with Crippen molar-refractivity contribution in [2.75, 3.05) is 7.11 Å². The Kier molecular flexibility index (Phi) is 5.31. The third-order valence-electron chi connectivity index (χ3n) is 5.33. The minimum Gasteiger partial charge on any atom is -0.497 e. The molecule has 3 rings (SSSR count). The van der Waals surface area contributed by atoms with E-state index in [1.807, 2.05) is 18.2 Å². The van der Waals surface area contributed by atoms with E-state index in [0.717, 1.165) is 34.6 Å². The van der Waals surface area contributed by atoms with E-state index >= 15 is 0 Å². The summed E-state index contributed by atoms with van der Waals surface area (Å²) in [5.41, 5.74) is 0.350. The summed E-state index contributed by atoms with van der Waals surface area (Å²) in [6.07, 6.45) is 4.44. The molecule has 1 aliphatic carbocycles. The maximum Gasteiger partial charge on any atom is 0.263 e. The number of thiophene rings is 1. The predicted molar refractivity (Wildman–Crippen MR) is 106 cm³/mol. The molecule has 25 heavy (non-hydrogen) atoms. The van der Waals surface area contributed by atoms with Crippen molar-refractivity contribution < 1.29 is 9.53 Å². The topological polar surface area (TPSA) is 38.3 Å². The van der Waals surface area contributed by atoms with Crippen LogP contribution in [0.5, 0.6) is 5.75 Å². The zero-order valence-electron chi connectivity index (χ0n) is 15.3. The molecule has 1 amide bonds. The Morgan fingerprint density at radius 1 is 1.24 bits per heavy atom. The van der Waals surface area contributed by atoms with Crippen LogP contribution < -0.4 is 10.1 Å². The van der Waals surface area contributed by atoms with Crippen molar-refractivity contribution in [3.8, 4) is 5.75 Å². The van der Waals surface area contributed by atoms with Gasteiger partial charge in [-0.25, -0.2) is 0 Å². The molecule has 1 heterocycles. The van der Waals surface area contributed by atoms with Gasteiger partial charge in [-0.05, 0) is 55.2 Å². The van der Waals surface area contributed by atoms with Crippen molar-refractivity contribution in [2.24, 2.45) is 11.3 Å². The van der Waals surface area contributed by atoms with E-state index in [1.165, 1.54) is 24.2 Å². The van der Waals surface area contributed by atoms with E-state index < -0.39 is 0 Å². The van der Waals surface area contributed by atoms with Gasteiger partial charge in [-0.1, -0.05) is 32.4 Å². The Labute approximate surface area is 158 Å². The standard InChI is InChI=1S/C20H26ClNO2S/c1-20(2,3)12-5-7-13(8-6-12)22-19(23)18-17(21)15-10-9-14(24-4)11-16(15)25-18/h9-13H,5-8H2,1-4H3,(H,22,23). The van der Waals surface area contributed by atoms with Crippen molar-refractivity contribution in [1.82, 2.24) is 5.32 Å². The SMILES string of the molecule is COc1ccc2c(Cl)c(C(=O)NC3CCC(C(C)(C)C)CC3)sc2c1. The lowest BCUT2D eigenvalue weighted by Gasteiger charge is -2.37. The number of benzene rings is 1. The Morgan fingerprint density at radius 3 is 2.52 bits per heavy atom. The van der Waals surface area contributed by atoms with Crippen LogP contribution in [0.3, 0.4) is 0 Å². The van der Waals surface area contributed by atoms with Crippen molar-refractivity contribution >= 4 is 38.9 Å². The van der Waals surface area contributed by atoms with Gasteiger partial charge in [-0.2, -0.15) is 0 Å². The van der Waals surface area contributed by atoms with Crippen LogP contribution in [0.1, 0.15) is 56.1 Å². The molecule has 1 aliphatic rings. The van der Waals surface area contributed by atoms with E-state index in [2.05, 4.69) is 26.1 Å². The van der Waals surface area contributed by atoms with Crippen LogP contribution in [-0.2, 0) is 0 Å². The normalized spacial score (nSPS) is 21.3. The van der Waals surface area contributed by atoms with Crippen LogP contribution in [0.2, 0.25) is 5.02 Å². The molecule has 0 spiro atoms. The molecular formula is C20H26ClNO2S. The maximum atomic E-state index is 12.7. The monoisotopic (exact) mass is 379 g/mol. The summed E-state index contributed by atoms with van der Waals surface area (Å²) in [4.78, 5) is 13.3. The number of carbonyl (C=O) groups is 1. The van der Waals surface area contributed by atoms with Gasteiger partial charge in [0.2, 0.25) is 0 Å². The molecule has 2 aromatic rings. The second-order valence-corrected chi connectivity index (χ2v) is 9.43. The van der Waals surface area contributed by atoms with Crippen LogP contribution in [0.25, 0.3) is 10.1 Å². The van der Waals surface area contributed by atoms with Crippen LogP contribution in [0.15, 0.2) is 18.2 Å². The lowest BCUT2D eigenvalue weighted by atomic mass is 9.71. The fraction of sp³-hybridized carbons (Fsp3) is 0.550. The first kappa shape index (κ1) is 18.5. The van der Waals surface area contributed by atoms with Crippen LogP contribution in [-0.4, -0.2) is 19.1 Å². The molecule has 0 radical (unpaired) electrons. The second kappa shape index (κ2) is 7.16. The number of halogens is 1. The molecule has 0 saturated heterocycles. The molecule has 1 saturated carbocycles. The Morgan fingerprint density at radius 2 is 1.92 bits per heavy atom. The Bertz CT molecular complexity index is 770. The van der Waals surface area contributed by atoms with E-state index in [-0.39, 0.29) is 11.9 Å². The van der Waals surface area contributed by atoms with E-state index in [0.29, 0.717) is 15.3 Å². The number of carbonyl (C=O) groups excluding carboxylic acids is 1. The van der Waals surface area contributed by atoms with Gasteiger partial charge in [-0.3, -0.25) is 4.79 Å². The van der Waals surface area contributed by atoms with Gasteiger partial charge in [0.1, 0.15) is 10.6 Å².